The van der Waals surface area contributed by atoms with Gasteiger partial charge in [0.15, 0.2) is 0 Å². The van der Waals surface area contributed by atoms with Crippen LogP contribution in [0.2, 0.25) is 0 Å². The molecule has 0 radical (unpaired) electrons. The number of carboxylic acid groups (broad SMARTS) is 1. The van der Waals surface area contributed by atoms with Crippen molar-refractivity contribution in [2.75, 3.05) is 52.9 Å². The number of carboxylic acids is 1. The topological polar surface area (TPSA) is 84.3 Å². The summed E-state index contributed by atoms with van der Waals surface area (Å²) in [6.45, 7) is 3.74. The standard InChI is InChI=1S/C11H21N3O4/c1-12(3-2-10(16)17)11(18)14-6-4-13(5-7-14)8-9-15/h15H,2-9H2,1H3,(H,16,17). The Hall–Kier alpha value is -1.34. The van der Waals surface area contributed by atoms with Crippen molar-refractivity contribution < 1.29 is 19.8 Å². The summed E-state index contributed by atoms with van der Waals surface area (Å²) < 4.78 is 0. The van der Waals surface area contributed by atoms with Gasteiger partial charge in [-0.2, -0.15) is 0 Å². The Morgan fingerprint density at radius 3 is 2.33 bits per heavy atom. The second-order valence-electron chi connectivity index (χ2n) is 4.40. The van der Waals surface area contributed by atoms with Crippen molar-refractivity contribution in [3.8, 4) is 0 Å². The maximum Gasteiger partial charge on any atom is 0.319 e. The van der Waals surface area contributed by atoms with Gasteiger partial charge in [-0.15, -0.1) is 0 Å². The van der Waals surface area contributed by atoms with Gasteiger partial charge in [-0.25, -0.2) is 4.79 Å². The Bertz CT molecular complexity index is 290. The van der Waals surface area contributed by atoms with Crippen LogP contribution in [-0.2, 0) is 4.79 Å². The molecule has 1 aliphatic rings. The lowest BCUT2D eigenvalue weighted by atomic mass is 10.3. The summed E-state index contributed by atoms with van der Waals surface area (Å²) in [6.07, 6.45) is -0.0350. The van der Waals surface area contributed by atoms with Gasteiger partial charge in [0, 0.05) is 46.3 Å². The predicted molar refractivity (Wildman–Crippen MR) is 65.4 cm³/mol. The molecule has 0 atom stereocenters. The van der Waals surface area contributed by atoms with E-state index in [0.717, 1.165) is 13.1 Å². The number of carbonyl (C=O) groups excluding carboxylic acids is 1. The first kappa shape index (κ1) is 14.7. The lowest BCUT2D eigenvalue weighted by molar-refractivity contribution is -0.137. The summed E-state index contributed by atoms with van der Waals surface area (Å²) in [5.74, 6) is -0.901. The molecule has 1 aliphatic heterocycles. The van der Waals surface area contributed by atoms with Crippen LogP contribution in [0.5, 0.6) is 0 Å². The van der Waals surface area contributed by atoms with Gasteiger partial charge in [-0.1, -0.05) is 0 Å². The number of nitrogens with zero attached hydrogens (tertiary/aromatic N) is 3. The first-order valence-corrected chi connectivity index (χ1v) is 6.09. The zero-order chi connectivity index (χ0) is 13.5. The van der Waals surface area contributed by atoms with Gasteiger partial charge in [-0.05, 0) is 0 Å². The number of hydrogen-bond donors (Lipinski definition) is 2. The SMILES string of the molecule is CN(CCC(=O)O)C(=O)N1CCN(CCO)CC1. The van der Waals surface area contributed by atoms with Crippen molar-refractivity contribution in [1.29, 1.82) is 0 Å². The summed E-state index contributed by atoms with van der Waals surface area (Å²) >= 11 is 0. The minimum atomic E-state index is -0.901. The maximum absolute atomic E-state index is 12.0. The average molecular weight is 259 g/mol. The fourth-order valence-electron chi connectivity index (χ4n) is 1.90. The monoisotopic (exact) mass is 259 g/mol. The molecule has 2 amide bonds. The van der Waals surface area contributed by atoms with Gasteiger partial charge >= 0.3 is 12.0 Å². The fourth-order valence-corrected chi connectivity index (χ4v) is 1.90. The van der Waals surface area contributed by atoms with Gasteiger partial charge in [0.25, 0.3) is 0 Å². The number of carbonyl (C=O) groups is 2. The summed E-state index contributed by atoms with van der Waals surface area (Å²) in [5.41, 5.74) is 0. The van der Waals surface area contributed by atoms with E-state index < -0.39 is 5.97 Å². The van der Waals surface area contributed by atoms with Crippen LogP contribution in [0.3, 0.4) is 0 Å². The number of β-amino-alcohol motifs (C(OH)–C–C–N with tert-alkyl or cyclic N) is 1. The van der Waals surface area contributed by atoms with Crippen LogP contribution in [0.1, 0.15) is 6.42 Å². The van der Waals surface area contributed by atoms with E-state index in [4.69, 9.17) is 10.2 Å². The van der Waals surface area contributed by atoms with Gasteiger partial charge < -0.3 is 20.0 Å². The molecular formula is C11H21N3O4. The number of rotatable bonds is 5. The van der Waals surface area contributed by atoms with Crippen LogP contribution in [0.4, 0.5) is 4.79 Å². The molecule has 18 heavy (non-hydrogen) atoms. The second-order valence-corrected chi connectivity index (χ2v) is 4.40. The molecule has 0 aliphatic carbocycles. The fraction of sp³-hybridized carbons (Fsp3) is 0.818. The Morgan fingerprint density at radius 2 is 1.83 bits per heavy atom. The molecular weight excluding hydrogens is 238 g/mol. The molecule has 0 aromatic rings. The number of urea groups is 1. The molecule has 1 heterocycles. The van der Waals surface area contributed by atoms with Gasteiger partial charge in [0.1, 0.15) is 0 Å². The molecule has 1 fully saturated rings. The summed E-state index contributed by atoms with van der Waals surface area (Å²) in [4.78, 5) is 27.7. The van der Waals surface area contributed by atoms with Gasteiger partial charge in [0.05, 0.1) is 13.0 Å². The highest BCUT2D eigenvalue weighted by Crippen LogP contribution is 2.05. The normalized spacial score (nSPS) is 16.7. The number of piperazine rings is 1. The molecule has 0 unspecified atom stereocenters. The number of aliphatic carboxylic acids is 1. The molecule has 1 rings (SSSR count). The zero-order valence-corrected chi connectivity index (χ0v) is 10.7. The molecule has 0 spiro atoms. The second kappa shape index (κ2) is 7.17. The van der Waals surface area contributed by atoms with Crippen LogP contribution in [-0.4, -0.2) is 89.8 Å². The summed E-state index contributed by atoms with van der Waals surface area (Å²) in [5, 5.41) is 17.4. The first-order valence-electron chi connectivity index (χ1n) is 6.09. The Labute approximate surface area is 107 Å². The van der Waals surface area contributed by atoms with Gasteiger partial charge in [-0.3, -0.25) is 9.69 Å². The van der Waals surface area contributed by atoms with E-state index in [1.807, 2.05) is 0 Å². The quantitative estimate of drug-likeness (QED) is 0.670. The lowest BCUT2D eigenvalue weighted by Gasteiger charge is -2.36. The highest BCUT2D eigenvalue weighted by Gasteiger charge is 2.23. The van der Waals surface area contributed by atoms with Crippen molar-refractivity contribution in [2.45, 2.75) is 6.42 Å². The third-order valence-electron chi connectivity index (χ3n) is 3.05. The molecule has 104 valence electrons. The lowest BCUT2D eigenvalue weighted by Crippen LogP contribution is -2.52. The highest BCUT2D eigenvalue weighted by molar-refractivity contribution is 5.75. The molecule has 1 saturated heterocycles. The third-order valence-corrected chi connectivity index (χ3v) is 3.05. The number of hydrogen-bond acceptors (Lipinski definition) is 4. The van der Waals surface area contributed by atoms with E-state index >= 15 is 0 Å². The van der Waals surface area contributed by atoms with Crippen LogP contribution in [0, 0.1) is 0 Å². The van der Waals surface area contributed by atoms with E-state index in [9.17, 15) is 9.59 Å². The molecule has 0 bridgehead atoms. The van der Waals surface area contributed by atoms with Crippen LogP contribution in [0.15, 0.2) is 0 Å². The predicted octanol–water partition coefficient (Wildman–Crippen LogP) is -0.877. The summed E-state index contributed by atoms with van der Waals surface area (Å²) in [6, 6.07) is -0.125. The zero-order valence-electron chi connectivity index (χ0n) is 10.7. The van der Waals surface area contributed by atoms with E-state index in [1.54, 1.807) is 11.9 Å². The molecule has 0 aromatic heterocycles. The maximum atomic E-state index is 12.0. The molecule has 2 N–H and O–H groups in total. The smallest absolute Gasteiger partial charge is 0.319 e. The van der Waals surface area contributed by atoms with E-state index in [0.29, 0.717) is 19.6 Å². The Kier molecular flexibility index (Phi) is 5.87. The Balaban J connectivity index is 2.32. The number of aliphatic hydroxyl groups excluding tert-OH is 1. The Morgan fingerprint density at radius 1 is 1.22 bits per heavy atom. The van der Waals surface area contributed by atoms with Crippen molar-refractivity contribution in [3.63, 3.8) is 0 Å². The molecule has 0 aromatic carbocycles. The van der Waals surface area contributed by atoms with Crippen molar-refractivity contribution in [2.24, 2.45) is 0 Å². The van der Waals surface area contributed by atoms with Crippen molar-refractivity contribution in [3.05, 3.63) is 0 Å². The minimum absolute atomic E-state index is 0.0350. The molecule has 7 nitrogen and oxygen atoms in total. The van der Waals surface area contributed by atoms with Crippen molar-refractivity contribution in [1.82, 2.24) is 14.7 Å². The highest BCUT2D eigenvalue weighted by atomic mass is 16.4. The average Bonchev–Trinajstić information content (AvgIpc) is 2.36. The minimum Gasteiger partial charge on any atom is -0.481 e. The van der Waals surface area contributed by atoms with E-state index in [-0.39, 0.29) is 25.6 Å². The molecule has 7 heteroatoms. The van der Waals surface area contributed by atoms with E-state index in [2.05, 4.69) is 4.90 Å². The number of aliphatic hydroxyl groups is 1. The summed E-state index contributed by atoms with van der Waals surface area (Å²) in [7, 11) is 1.62. The van der Waals surface area contributed by atoms with Crippen molar-refractivity contribution >= 4 is 12.0 Å². The van der Waals surface area contributed by atoms with Gasteiger partial charge in [0.2, 0.25) is 0 Å². The van der Waals surface area contributed by atoms with Crippen LogP contribution in [0.25, 0.3) is 0 Å². The third kappa shape index (κ3) is 4.50. The largest absolute Gasteiger partial charge is 0.481 e. The van der Waals surface area contributed by atoms with Crippen LogP contribution >= 0.6 is 0 Å². The number of amides is 2. The first-order chi connectivity index (χ1) is 8.54. The molecule has 0 saturated carbocycles. The van der Waals surface area contributed by atoms with Crippen LogP contribution < -0.4 is 0 Å². The van der Waals surface area contributed by atoms with E-state index in [1.165, 1.54) is 4.90 Å².